The molecule has 0 spiro atoms. The third-order valence-electron chi connectivity index (χ3n) is 4.76. The number of hydrogen-bond acceptors (Lipinski definition) is 3. The minimum Gasteiger partial charge on any atom is -0.389 e. The molecule has 3 rings (SSSR count). The van der Waals surface area contributed by atoms with E-state index in [0.717, 1.165) is 18.1 Å². The second kappa shape index (κ2) is 3.58. The number of rotatable bonds is 3. The highest BCUT2D eigenvalue weighted by Gasteiger charge is 2.70. The van der Waals surface area contributed by atoms with Crippen molar-refractivity contribution in [2.45, 2.75) is 57.3 Å². The van der Waals surface area contributed by atoms with E-state index in [9.17, 15) is 5.11 Å². The second-order valence-electron chi connectivity index (χ2n) is 5.75. The summed E-state index contributed by atoms with van der Waals surface area (Å²) in [4.78, 5) is 0. The lowest BCUT2D eigenvalue weighted by molar-refractivity contribution is -0.166. The van der Waals surface area contributed by atoms with Crippen LogP contribution in [0.25, 0.3) is 0 Å². The Morgan fingerprint density at radius 3 is 2.47 bits per heavy atom. The van der Waals surface area contributed by atoms with Gasteiger partial charge in [-0.2, -0.15) is 0 Å². The van der Waals surface area contributed by atoms with E-state index in [0.29, 0.717) is 5.41 Å². The lowest BCUT2D eigenvalue weighted by Crippen LogP contribution is -2.72. The quantitative estimate of drug-likeness (QED) is 0.767. The highest BCUT2D eigenvalue weighted by molar-refractivity contribution is 8.77. The van der Waals surface area contributed by atoms with Gasteiger partial charge in [0.25, 0.3) is 0 Å². The summed E-state index contributed by atoms with van der Waals surface area (Å²) in [7, 11) is 3.86. The Morgan fingerprint density at radius 1 is 1.33 bits per heavy atom. The van der Waals surface area contributed by atoms with Crippen LogP contribution >= 0.6 is 21.6 Å². The fourth-order valence-corrected chi connectivity index (χ4v) is 7.08. The van der Waals surface area contributed by atoms with Gasteiger partial charge in [-0.25, -0.2) is 0 Å². The van der Waals surface area contributed by atoms with Crippen molar-refractivity contribution in [1.29, 1.82) is 0 Å². The minimum absolute atomic E-state index is 0.101. The SMILES string of the molecule is CCSSC12CC(CCC1(C)O)C2(C)C. The van der Waals surface area contributed by atoms with Gasteiger partial charge in [-0.15, -0.1) is 0 Å². The summed E-state index contributed by atoms with van der Waals surface area (Å²) >= 11 is 0. The Kier molecular flexibility index (Phi) is 2.89. The normalized spacial score (nSPS) is 47.4. The van der Waals surface area contributed by atoms with Crippen LogP contribution in [0.1, 0.15) is 47.0 Å². The summed E-state index contributed by atoms with van der Waals surface area (Å²) in [5, 5.41) is 10.7. The van der Waals surface area contributed by atoms with E-state index in [4.69, 9.17) is 0 Å². The van der Waals surface area contributed by atoms with Crippen LogP contribution in [-0.2, 0) is 0 Å². The zero-order chi connectivity index (χ0) is 11.3. The third-order valence-corrected chi connectivity index (χ3v) is 8.45. The lowest BCUT2D eigenvalue weighted by atomic mass is 9.43. The van der Waals surface area contributed by atoms with Crippen molar-refractivity contribution in [2.24, 2.45) is 11.3 Å². The molecule has 0 radical (unpaired) electrons. The molecule has 3 fully saturated rings. The molecule has 3 unspecified atom stereocenters. The first-order valence-electron chi connectivity index (χ1n) is 5.90. The molecule has 0 aromatic heterocycles. The van der Waals surface area contributed by atoms with Crippen LogP contribution < -0.4 is 0 Å². The highest BCUT2D eigenvalue weighted by Crippen LogP contribution is 2.72. The van der Waals surface area contributed by atoms with Gasteiger partial charge in [0.05, 0.1) is 10.3 Å². The van der Waals surface area contributed by atoms with Crippen molar-refractivity contribution in [3.8, 4) is 0 Å². The van der Waals surface area contributed by atoms with Gasteiger partial charge in [-0.05, 0) is 37.5 Å². The molecule has 0 heterocycles. The number of aliphatic hydroxyl groups is 1. The van der Waals surface area contributed by atoms with Crippen LogP contribution in [0.4, 0.5) is 0 Å². The average molecular weight is 246 g/mol. The molecule has 2 bridgehead atoms. The molecule has 3 aliphatic carbocycles. The molecular formula is C12H22OS2. The second-order valence-corrected chi connectivity index (χ2v) is 8.64. The predicted octanol–water partition coefficient (Wildman–Crippen LogP) is 3.72. The van der Waals surface area contributed by atoms with Gasteiger partial charge in [-0.1, -0.05) is 42.4 Å². The van der Waals surface area contributed by atoms with E-state index < -0.39 is 5.60 Å². The van der Waals surface area contributed by atoms with Crippen molar-refractivity contribution in [3.63, 3.8) is 0 Å². The van der Waals surface area contributed by atoms with E-state index >= 15 is 0 Å². The zero-order valence-corrected chi connectivity index (χ0v) is 11.8. The first-order valence-corrected chi connectivity index (χ1v) is 8.22. The van der Waals surface area contributed by atoms with Crippen molar-refractivity contribution in [1.82, 2.24) is 0 Å². The van der Waals surface area contributed by atoms with Crippen molar-refractivity contribution >= 4 is 21.6 Å². The van der Waals surface area contributed by atoms with Crippen LogP contribution in [-0.4, -0.2) is 21.2 Å². The van der Waals surface area contributed by atoms with Gasteiger partial charge in [0.2, 0.25) is 0 Å². The molecule has 1 nitrogen and oxygen atoms in total. The van der Waals surface area contributed by atoms with Crippen molar-refractivity contribution < 1.29 is 5.11 Å². The van der Waals surface area contributed by atoms with E-state index in [1.807, 2.05) is 28.5 Å². The number of fused-ring (bicyclic) bond motifs is 2. The molecule has 3 saturated carbocycles. The molecule has 0 aromatic carbocycles. The van der Waals surface area contributed by atoms with E-state index in [-0.39, 0.29) is 4.75 Å². The molecule has 0 saturated heterocycles. The standard InChI is InChI=1S/C12H22OS2/c1-5-14-15-12-8-9(10(12,2)3)6-7-11(12,4)13/h9,13H,5-8H2,1-4H3. The molecular weight excluding hydrogens is 224 g/mol. The van der Waals surface area contributed by atoms with Gasteiger partial charge < -0.3 is 5.11 Å². The molecule has 3 atom stereocenters. The van der Waals surface area contributed by atoms with Crippen molar-refractivity contribution in [2.75, 3.05) is 5.75 Å². The first-order chi connectivity index (χ1) is 6.87. The van der Waals surface area contributed by atoms with E-state index in [2.05, 4.69) is 20.8 Å². The Morgan fingerprint density at radius 2 is 2.00 bits per heavy atom. The lowest BCUT2D eigenvalue weighted by Gasteiger charge is -2.70. The molecule has 3 aliphatic rings. The topological polar surface area (TPSA) is 20.2 Å². The smallest absolute Gasteiger partial charge is 0.0779 e. The summed E-state index contributed by atoms with van der Waals surface area (Å²) in [6, 6.07) is 0. The average Bonchev–Trinajstić information content (AvgIpc) is 2.14. The Bertz CT molecular complexity index is 252. The third kappa shape index (κ3) is 1.42. The molecule has 0 aromatic rings. The fraction of sp³-hybridized carbons (Fsp3) is 1.00. The maximum absolute atomic E-state index is 10.7. The van der Waals surface area contributed by atoms with E-state index in [1.165, 1.54) is 12.8 Å². The number of hydrogen-bond donors (Lipinski definition) is 1. The molecule has 3 heteroatoms. The summed E-state index contributed by atoms with van der Waals surface area (Å²) < 4.78 is 0.101. The molecule has 15 heavy (non-hydrogen) atoms. The summed E-state index contributed by atoms with van der Waals surface area (Å²) in [6.07, 6.45) is 3.40. The van der Waals surface area contributed by atoms with Crippen molar-refractivity contribution in [3.05, 3.63) is 0 Å². The van der Waals surface area contributed by atoms with Crippen LogP contribution in [0.3, 0.4) is 0 Å². The summed E-state index contributed by atoms with van der Waals surface area (Å²) in [5.74, 6) is 1.96. The largest absolute Gasteiger partial charge is 0.389 e. The molecule has 1 N–H and O–H groups in total. The van der Waals surface area contributed by atoms with Gasteiger partial charge in [0, 0.05) is 5.75 Å². The highest BCUT2D eigenvalue weighted by atomic mass is 33.1. The van der Waals surface area contributed by atoms with E-state index in [1.54, 1.807) is 0 Å². The predicted molar refractivity (Wildman–Crippen MR) is 70.2 cm³/mol. The Balaban J connectivity index is 2.24. The van der Waals surface area contributed by atoms with Crippen LogP contribution in [0.15, 0.2) is 0 Å². The monoisotopic (exact) mass is 246 g/mol. The molecule has 88 valence electrons. The first kappa shape index (κ1) is 12.1. The summed E-state index contributed by atoms with van der Waals surface area (Å²) in [5.41, 5.74) is -0.167. The minimum atomic E-state index is -0.474. The van der Waals surface area contributed by atoms with Gasteiger partial charge >= 0.3 is 0 Å². The summed E-state index contributed by atoms with van der Waals surface area (Å²) in [6.45, 7) is 8.93. The maximum atomic E-state index is 10.7. The Labute approximate surface area is 101 Å². The van der Waals surface area contributed by atoms with Gasteiger partial charge in [0.15, 0.2) is 0 Å². The van der Waals surface area contributed by atoms with Crippen LogP contribution in [0, 0.1) is 11.3 Å². The Hall–Kier alpha value is 0.660. The van der Waals surface area contributed by atoms with Gasteiger partial charge in [-0.3, -0.25) is 0 Å². The zero-order valence-electron chi connectivity index (χ0n) is 10.2. The maximum Gasteiger partial charge on any atom is 0.0779 e. The molecule has 0 aliphatic heterocycles. The fourth-order valence-electron chi connectivity index (χ4n) is 3.49. The molecule has 0 amide bonds. The van der Waals surface area contributed by atoms with Gasteiger partial charge in [0.1, 0.15) is 0 Å². The van der Waals surface area contributed by atoms with Crippen LogP contribution in [0.2, 0.25) is 0 Å². The van der Waals surface area contributed by atoms with Crippen LogP contribution in [0.5, 0.6) is 0 Å².